The average molecular weight is 1160 g/mol. The smallest absolute Gasteiger partial charge is 0.387 e. The van der Waals surface area contributed by atoms with Gasteiger partial charge in [-0.15, -0.1) is 0 Å². The van der Waals surface area contributed by atoms with Gasteiger partial charge in [0.15, 0.2) is 30.2 Å². The van der Waals surface area contributed by atoms with Crippen LogP contribution in [0.15, 0.2) is 45.6 Å². The molecule has 5 aromatic rings. The van der Waals surface area contributed by atoms with Crippen LogP contribution < -0.4 is 32.8 Å². The van der Waals surface area contributed by atoms with Crippen LogP contribution >= 0.6 is 31.1 Å². The summed E-state index contributed by atoms with van der Waals surface area (Å²) in [7, 11) is -19.4. The molecule has 76 heavy (non-hydrogen) atoms. The summed E-state index contributed by atoms with van der Waals surface area (Å²) in [6.07, 6.45) is -11.8. The van der Waals surface area contributed by atoms with Crippen LogP contribution in [0.4, 0.5) is 11.8 Å². The van der Waals surface area contributed by atoms with Crippen molar-refractivity contribution in [2.75, 3.05) is 65.3 Å². The Balaban J connectivity index is 0.960. The van der Waals surface area contributed by atoms with E-state index in [1.165, 1.54) is 34.2 Å². The zero-order chi connectivity index (χ0) is 55.2. The number of nitrogens with one attached hydrogen (secondary N) is 2. The molecule has 3 saturated heterocycles. The fourth-order valence-electron chi connectivity index (χ4n) is 8.64. The molecule has 0 radical (unpaired) electrons. The Bertz CT molecular complexity index is 3300. The number of hydrogen-bond acceptors (Lipinski definition) is 27. The molecule has 4 unspecified atom stereocenters. The van der Waals surface area contributed by atoms with Gasteiger partial charge in [0.25, 0.3) is 17.1 Å². The number of imidazole rings is 2. The molecular weight excluding hydrogens is 1110 g/mol. The van der Waals surface area contributed by atoms with Crippen molar-refractivity contribution in [3.05, 3.63) is 62.4 Å². The molecule has 0 bridgehead atoms. The first-order valence-electron chi connectivity index (χ1n) is 22.0. The first-order valence-corrected chi connectivity index (χ1v) is 28.2. The molecule has 3 aliphatic rings. The van der Waals surface area contributed by atoms with Crippen molar-refractivity contribution in [2.24, 2.45) is 13.0 Å². The standard InChI is InChI=1S/C35H50N12O25P4/c1-44-14-47(29-21(44)30(52)43-34(37)42-29)31-22(49)15(8-64-7-6-62-2)16(68-31)9-66-74(56,57)71-76(60,61)72-75(58,59)67-11-18-26(25(63-3)33(70-18)46-13-40-20-27(36)38-12-39-28(20)46)73(54,55)65-10-17-23(50)24(51)32(69-17)45-5-4-19(48)41-35(45)53/h4-5,12-18,22-26,31-33,49-51H,6-11H2,1-3H3,(H9-,36,37,38,39,41,42,43,48,52,53,54,55,56,57,58,59,60,61)/p+1/t15-,16-,17-,18-,22-,23-,24-,25-,26-,31-,32-,33-/m1/s1. The molecule has 8 heterocycles. The van der Waals surface area contributed by atoms with Crippen molar-refractivity contribution in [1.29, 1.82) is 0 Å². The highest BCUT2D eigenvalue weighted by Gasteiger charge is 2.58. The van der Waals surface area contributed by atoms with Crippen molar-refractivity contribution in [3.8, 4) is 0 Å². The minimum absolute atomic E-state index is 0.00965. The number of fused-ring (bicyclic) bond motifs is 2. The van der Waals surface area contributed by atoms with Gasteiger partial charge in [-0.2, -0.15) is 8.62 Å². The highest BCUT2D eigenvalue weighted by molar-refractivity contribution is 7.66. The zero-order valence-electron chi connectivity index (χ0n) is 39.6. The number of aliphatic hydroxyl groups is 3. The predicted octanol–water partition coefficient (Wildman–Crippen LogP) is -3.89. The molecule has 0 aliphatic carbocycles. The molecule has 3 aliphatic heterocycles. The second-order valence-electron chi connectivity index (χ2n) is 17.0. The maximum absolute atomic E-state index is 14.3. The molecule has 0 saturated carbocycles. The number of aliphatic hydroxyl groups excluding tert-OH is 3. The number of aromatic amines is 2. The monoisotopic (exact) mass is 1160 g/mol. The molecule has 0 aromatic carbocycles. The topological polar surface area (TPSA) is 516 Å². The highest BCUT2D eigenvalue weighted by Crippen LogP contribution is 2.68. The van der Waals surface area contributed by atoms with E-state index in [1.807, 2.05) is 4.98 Å². The normalized spacial score (nSPS) is 30.1. The van der Waals surface area contributed by atoms with Gasteiger partial charge >= 0.3 is 42.4 Å². The number of methoxy groups -OCH3 is 2. The Kier molecular flexibility index (Phi) is 17.1. The van der Waals surface area contributed by atoms with Gasteiger partial charge in [0.1, 0.15) is 54.1 Å². The SMILES string of the molecule is COCCOC[C@H]1[C@@H](O)[C@H]([n+]2cn(C)c3c(=O)[nH]c(N)nc32)O[C@@H]1COP(=O)(O)OP(=O)(O)OP(=O)(O)OC[C@H]1O[C@@H](n2cnc3c(N)ncnc32)[C@H](OC)[C@@H]1P(=O)(O)OC[C@H]1O[C@@H](n2ccc(=O)[nH]c2=O)[C@H](O)[C@@H]1O. The number of phosphoric ester groups is 2. The third-order valence-corrected chi connectivity index (χ3v) is 18.2. The number of rotatable bonds is 23. The lowest BCUT2D eigenvalue weighted by Crippen LogP contribution is -2.45. The molecule has 16 atom stereocenters. The molecule has 0 amide bonds. The number of phosphoric acid groups is 3. The summed E-state index contributed by atoms with van der Waals surface area (Å²) in [5.74, 6) is -1.46. The van der Waals surface area contributed by atoms with E-state index < -0.39 is 141 Å². The molecule has 0 spiro atoms. The molecule has 37 nitrogen and oxygen atoms in total. The van der Waals surface area contributed by atoms with Gasteiger partial charge in [-0.1, -0.05) is 4.98 Å². The number of nitrogens with zero attached hydrogens (tertiary/aromatic N) is 8. The van der Waals surface area contributed by atoms with Crippen molar-refractivity contribution in [2.45, 2.75) is 67.1 Å². The molecule has 3 fully saturated rings. The highest BCUT2D eigenvalue weighted by atomic mass is 31.3. The van der Waals surface area contributed by atoms with Gasteiger partial charge in [-0.3, -0.25) is 46.9 Å². The first-order chi connectivity index (χ1) is 35.7. The summed E-state index contributed by atoms with van der Waals surface area (Å²) in [4.78, 5) is 101. The van der Waals surface area contributed by atoms with Crippen LogP contribution in [0.5, 0.6) is 0 Å². The van der Waals surface area contributed by atoms with Crippen molar-refractivity contribution in [1.82, 2.24) is 43.6 Å². The number of ether oxygens (including phenoxy) is 6. The van der Waals surface area contributed by atoms with E-state index in [9.17, 15) is 67.5 Å². The van der Waals surface area contributed by atoms with Gasteiger partial charge in [-0.25, -0.2) is 38.0 Å². The lowest BCUT2D eigenvalue weighted by atomic mass is 9.99. The Hall–Kier alpha value is -4.62. The van der Waals surface area contributed by atoms with Crippen LogP contribution in [0.2, 0.25) is 0 Å². The number of aryl methyl sites for hydroxylation is 1. The van der Waals surface area contributed by atoms with E-state index in [4.69, 9.17) is 53.5 Å². The Morgan fingerprint density at radius 1 is 0.776 bits per heavy atom. The fourth-order valence-corrected chi connectivity index (χ4v) is 13.9. The predicted molar refractivity (Wildman–Crippen MR) is 247 cm³/mol. The minimum Gasteiger partial charge on any atom is -0.387 e. The molecule has 5 aromatic heterocycles. The van der Waals surface area contributed by atoms with E-state index in [0.29, 0.717) is 0 Å². The van der Waals surface area contributed by atoms with E-state index >= 15 is 0 Å². The number of hydrogen-bond donors (Lipinski definition) is 11. The quantitative estimate of drug-likeness (QED) is 0.0169. The molecular formula is C35H51N12O25P4+. The third-order valence-electron chi connectivity index (χ3n) is 12.1. The van der Waals surface area contributed by atoms with Crippen LogP contribution in [-0.4, -0.2) is 181 Å². The number of anilines is 2. The Labute approximate surface area is 424 Å². The lowest BCUT2D eigenvalue weighted by molar-refractivity contribution is -0.745. The number of nitrogens with two attached hydrogens (primary N) is 2. The van der Waals surface area contributed by atoms with Crippen LogP contribution in [0.25, 0.3) is 22.3 Å². The van der Waals surface area contributed by atoms with Crippen LogP contribution in [0, 0.1) is 5.92 Å². The maximum Gasteiger partial charge on any atom is 0.490 e. The van der Waals surface area contributed by atoms with Crippen molar-refractivity contribution >= 4 is 65.2 Å². The van der Waals surface area contributed by atoms with E-state index in [1.54, 1.807) is 0 Å². The lowest BCUT2D eigenvalue weighted by Gasteiger charge is -2.28. The van der Waals surface area contributed by atoms with Gasteiger partial charge in [0.05, 0.1) is 59.1 Å². The maximum atomic E-state index is 14.3. The van der Waals surface area contributed by atoms with Crippen LogP contribution in [0.1, 0.15) is 18.7 Å². The number of aromatic nitrogens is 10. The van der Waals surface area contributed by atoms with Gasteiger partial charge in [0.2, 0.25) is 11.7 Å². The number of H-pyrrole nitrogens is 2. The summed E-state index contributed by atoms with van der Waals surface area (Å²) in [5, 5.41) is 32.9. The zero-order valence-corrected chi connectivity index (χ0v) is 43.1. The number of nitrogen functional groups attached to an aromatic ring is 2. The van der Waals surface area contributed by atoms with Gasteiger partial charge in [0, 0.05) is 32.4 Å². The summed E-state index contributed by atoms with van der Waals surface area (Å²) in [5.41, 5.74) is 7.28. The summed E-state index contributed by atoms with van der Waals surface area (Å²) in [6.45, 7) is -3.44. The fraction of sp³-hybridized carbons (Fsp3) is 0.600. The molecule has 13 N–H and O–H groups in total. The van der Waals surface area contributed by atoms with Crippen molar-refractivity contribution in [3.63, 3.8) is 0 Å². The van der Waals surface area contributed by atoms with Gasteiger partial charge < -0.3 is 79.3 Å². The summed E-state index contributed by atoms with van der Waals surface area (Å²) >= 11 is 0. The van der Waals surface area contributed by atoms with E-state index in [-0.39, 0.29) is 53.9 Å². The van der Waals surface area contributed by atoms with Crippen LogP contribution in [0.3, 0.4) is 0 Å². The Morgan fingerprint density at radius 2 is 1.45 bits per heavy atom. The van der Waals surface area contributed by atoms with E-state index in [2.05, 4.69) is 33.5 Å². The Morgan fingerprint density at radius 3 is 2.12 bits per heavy atom. The second kappa shape index (κ2) is 22.6. The third kappa shape index (κ3) is 12.2. The van der Waals surface area contributed by atoms with Crippen LogP contribution in [-0.2, 0) is 75.9 Å². The molecule has 8 rings (SSSR count). The summed E-state index contributed by atoms with van der Waals surface area (Å²) < 4.78 is 116. The summed E-state index contributed by atoms with van der Waals surface area (Å²) in [6, 6.07) is 0.926. The minimum atomic E-state index is -6.22. The second-order valence-corrected chi connectivity index (χ2v) is 23.6. The molecule has 420 valence electrons. The molecule has 41 heteroatoms. The first kappa shape index (κ1) is 57.6. The van der Waals surface area contributed by atoms with Gasteiger partial charge in [-0.05, 0) is 0 Å². The van der Waals surface area contributed by atoms with E-state index in [0.717, 1.165) is 36.6 Å². The average Bonchev–Trinajstić information content (AvgIpc) is 4.20. The largest absolute Gasteiger partial charge is 0.490 e. The van der Waals surface area contributed by atoms with Crippen molar-refractivity contribution < 1.29 is 108 Å².